The van der Waals surface area contributed by atoms with Gasteiger partial charge in [-0.3, -0.25) is 4.79 Å². The Bertz CT molecular complexity index is 1320. The lowest BCUT2D eigenvalue weighted by molar-refractivity contribution is -0.137. The topological polar surface area (TPSA) is 46.6 Å². The predicted molar refractivity (Wildman–Crippen MR) is 141 cm³/mol. The number of halogens is 3. The number of alkyl halides is 3. The van der Waals surface area contributed by atoms with Crippen molar-refractivity contribution >= 4 is 11.9 Å². The van der Waals surface area contributed by atoms with E-state index in [2.05, 4.69) is 24.3 Å². The normalized spacial score (nSPS) is 22.2. The molecule has 0 N–H and O–H groups in total. The SMILES string of the molecule is O=C(Cc1ccc(C(F)(F)F)cc1)C1CC2CCCC(C1)N2C(=O)OCC1c2ccccc2-c2ccccc21. The first-order valence-corrected chi connectivity index (χ1v) is 13.6. The number of nitrogens with zero attached hydrogens (tertiary/aromatic N) is 1. The van der Waals surface area contributed by atoms with Crippen LogP contribution in [-0.2, 0) is 22.1 Å². The summed E-state index contributed by atoms with van der Waals surface area (Å²) in [5.41, 5.74) is 4.55. The summed E-state index contributed by atoms with van der Waals surface area (Å²) in [5, 5.41) is 0. The molecule has 2 bridgehead atoms. The summed E-state index contributed by atoms with van der Waals surface area (Å²) in [4.78, 5) is 28.4. The van der Waals surface area contributed by atoms with Gasteiger partial charge >= 0.3 is 12.3 Å². The molecule has 4 nitrogen and oxygen atoms in total. The number of fused-ring (bicyclic) bond motifs is 5. The molecule has 3 aliphatic rings. The Hall–Kier alpha value is -3.61. The Labute approximate surface area is 225 Å². The van der Waals surface area contributed by atoms with Gasteiger partial charge in [-0.05, 0) is 72.1 Å². The zero-order chi connectivity index (χ0) is 27.1. The maximum atomic E-state index is 13.4. The lowest BCUT2D eigenvalue weighted by Crippen LogP contribution is -2.56. The largest absolute Gasteiger partial charge is 0.448 e. The summed E-state index contributed by atoms with van der Waals surface area (Å²) in [6, 6.07) is 21.2. The second kappa shape index (κ2) is 10.2. The van der Waals surface area contributed by atoms with Crippen LogP contribution in [0.25, 0.3) is 11.1 Å². The summed E-state index contributed by atoms with van der Waals surface area (Å²) in [6.45, 7) is 0.263. The molecule has 2 aliphatic heterocycles. The van der Waals surface area contributed by atoms with Crippen molar-refractivity contribution in [3.05, 3.63) is 95.1 Å². The molecule has 2 fully saturated rings. The number of carbonyl (C=O) groups excluding carboxylic acids is 2. The lowest BCUT2D eigenvalue weighted by Gasteiger charge is -2.47. The zero-order valence-electron chi connectivity index (χ0n) is 21.5. The molecule has 1 amide bonds. The van der Waals surface area contributed by atoms with Crippen LogP contribution in [0.5, 0.6) is 0 Å². The van der Waals surface area contributed by atoms with Crippen LogP contribution in [-0.4, -0.2) is 35.5 Å². The molecule has 6 rings (SSSR count). The van der Waals surface area contributed by atoms with Gasteiger partial charge in [0.2, 0.25) is 0 Å². The van der Waals surface area contributed by atoms with Crippen molar-refractivity contribution in [1.29, 1.82) is 0 Å². The number of benzene rings is 3. The van der Waals surface area contributed by atoms with Gasteiger partial charge < -0.3 is 9.64 Å². The van der Waals surface area contributed by atoms with Crippen LogP contribution >= 0.6 is 0 Å². The standard InChI is InChI=1S/C32H30F3NO3/c33-32(34,35)22-14-12-20(13-15-22)16-30(37)21-17-23-6-5-7-24(18-21)36(23)31(38)39-19-29-27-10-3-1-8-25(27)26-9-2-4-11-28(26)29/h1-4,8-15,21,23-24,29H,5-7,16-19H2. The van der Waals surface area contributed by atoms with E-state index in [1.54, 1.807) is 0 Å². The molecular weight excluding hydrogens is 503 g/mol. The fourth-order valence-electron chi connectivity index (χ4n) is 6.77. The number of Topliss-reactive ketones (excluding diaryl/α,β-unsaturated/α-hetero) is 1. The molecule has 2 heterocycles. The van der Waals surface area contributed by atoms with Crippen molar-refractivity contribution in [2.45, 2.75) is 62.7 Å². The van der Waals surface area contributed by atoms with Crippen LogP contribution in [0.2, 0.25) is 0 Å². The average molecular weight is 534 g/mol. The van der Waals surface area contributed by atoms with E-state index in [4.69, 9.17) is 4.74 Å². The third kappa shape index (κ3) is 4.95. The molecule has 39 heavy (non-hydrogen) atoms. The molecule has 0 saturated carbocycles. The summed E-state index contributed by atoms with van der Waals surface area (Å²) in [5.74, 6) is -0.192. The van der Waals surface area contributed by atoms with E-state index < -0.39 is 11.7 Å². The highest BCUT2D eigenvalue weighted by Gasteiger charge is 2.44. The molecule has 3 aromatic carbocycles. The highest BCUT2D eigenvalue weighted by atomic mass is 19.4. The van der Waals surface area contributed by atoms with Crippen LogP contribution in [0, 0.1) is 5.92 Å². The third-order valence-electron chi connectivity index (χ3n) is 8.64. The van der Waals surface area contributed by atoms with Gasteiger partial charge in [-0.15, -0.1) is 0 Å². The minimum absolute atomic E-state index is 0.0101. The molecule has 0 radical (unpaired) electrons. The summed E-state index contributed by atoms with van der Waals surface area (Å²) in [6.07, 6.45) is -0.822. The van der Waals surface area contributed by atoms with E-state index >= 15 is 0 Å². The van der Waals surface area contributed by atoms with Gasteiger partial charge in [-0.25, -0.2) is 4.79 Å². The summed E-state index contributed by atoms with van der Waals surface area (Å²) < 4.78 is 44.6. The Balaban J connectivity index is 1.10. The van der Waals surface area contributed by atoms with Crippen molar-refractivity contribution in [2.24, 2.45) is 5.92 Å². The van der Waals surface area contributed by atoms with Crippen molar-refractivity contribution in [3.63, 3.8) is 0 Å². The lowest BCUT2D eigenvalue weighted by atomic mass is 9.76. The summed E-state index contributed by atoms with van der Waals surface area (Å²) >= 11 is 0. The van der Waals surface area contributed by atoms with Crippen molar-refractivity contribution in [2.75, 3.05) is 6.61 Å². The van der Waals surface area contributed by atoms with Crippen molar-refractivity contribution in [1.82, 2.24) is 4.90 Å². The molecule has 2 saturated heterocycles. The van der Waals surface area contributed by atoms with Crippen LogP contribution in [0.4, 0.5) is 18.0 Å². The highest BCUT2D eigenvalue weighted by molar-refractivity contribution is 5.84. The average Bonchev–Trinajstić information content (AvgIpc) is 3.24. The number of piperidine rings is 2. The van der Waals surface area contributed by atoms with Crippen LogP contribution in [0.1, 0.15) is 60.3 Å². The van der Waals surface area contributed by atoms with Crippen molar-refractivity contribution < 1.29 is 27.5 Å². The van der Waals surface area contributed by atoms with Gasteiger partial charge in [-0.2, -0.15) is 13.2 Å². The van der Waals surface area contributed by atoms with Gasteiger partial charge in [0.1, 0.15) is 12.4 Å². The first-order valence-electron chi connectivity index (χ1n) is 13.6. The van der Waals surface area contributed by atoms with Crippen LogP contribution in [0.15, 0.2) is 72.8 Å². The summed E-state index contributed by atoms with van der Waals surface area (Å²) in [7, 11) is 0. The smallest absolute Gasteiger partial charge is 0.416 e. The van der Waals surface area contributed by atoms with Gasteiger partial charge in [-0.1, -0.05) is 60.7 Å². The Kier molecular flexibility index (Phi) is 6.69. The molecule has 202 valence electrons. The molecule has 0 spiro atoms. The van der Waals surface area contributed by atoms with Gasteiger partial charge in [0.05, 0.1) is 5.56 Å². The van der Waals surface area contributed by atoms with Crippen molar-refractivity contribution in [3.8, 4) is 11.1 Å². The van der Waals surface area contributed by atoms with Crippen LogP contribution in [0.3, 0.4) is 0 Å². The number of amides is 1. The minimum Gasteiger partial charge on any atom is -0.448 e. The van der Waals surface area contributed by atoms with Gasteiger partial charge in [0.15, 0.2) is 0 Å². The molecule has 1 aliphatic carbocycles. The van der Waals surface area contributed by atoms with E-state index in [0.717, 1.165) is 31.4 Å². The molecule has 7 heteroatoms. The second-order valence-electron chi connectivity index (χ2n) is 11.0. The fourth-order valence-corrected chi connectivity index (χ4v) is 6.77. The molecule has 0 aromatic heterocycles. The monoisotopic (exact) mass is 533 g/mol. The molecular formula is C32H30F3NO3. The number of carbonyl (C=O) groups is 2. The third-order valence-corrected chi connectivity index (χ3v) is 8.64. The van der Waals surface area contributed by atoms with Gasteiger partial charge in [0.25, 0.3) is 0 Å². The number of ether oxygens (including phenoxy) is 1. The fraction of sp³-hybridized carbons (Fsp3) is 0.375. The van der Waals surface area contributed by atoms with E-state index in [1.165, 1.54) is 34.4 Å². The first kappa shape index (κ1) is 25.7. The molecule has 2 unspecified atom stereocenters. The number of hydrogen-bond donors (Lipinski definition) is 0. The van der Waals surface area contributed by atoms with E-state index in [-0.39, 0.29) is 48.8 Å². The zero-order valence-corrected chi connectivity index (χ0v) is 21.5. The van der Waals surface area contributed by atoms with Gasteiger partial charge in [0, 0.05) is 30.3 Å². The minimum atomic E-state index is -4.40. The second-order valence-corrected chi connectivity index (χ2v) is 11.0. The number of hydrogen-bond acceptors (Lipinski definition) is 3. The van der Waals surface area contributed by atoms with E-state index in [1.807, 2.05) is 29.2 Å². The molecule has 3 aromatic rings. The Morgan fingerprint density at radius 3 is 1.95 bits per heavy atom. The number of ketones is 1. The maximum Gasteiger partial charge on any atom is 0.416 e. The Morgan fingerprint density at radius 1 is 0.821 bits per heavy atom. The Morgan fingerprint density at radius 2 is 1.38 bits per heavy atom. The molecule has 2 atom stereocenters. The number of rotatable bonds is 5. The quantitative estimate of drug-likeness (QED) is 0.343. The van der Waals surface area contributed by atoms with E-state index in [9.17, 15) is 22.8 Å². The maximum absolute atomic E-state index is 13.4. The highest BCUT2D eigenvalue weighted by Crippen LogP contribution is 2.45. The van der Waals surface area contributed by atoms with Crippen LogP contribution < -0.4 is 0 Å². The predicted octanol–water partition coefficient (Wildman–Crippen LogP) is 7.40. The van der Waals surface area contributed by atoms with E-state index in [0.29, 0.717) is 18.4 Å². The first-order chi connectivity index (χ1) is 18.8.